The fourth-order valence-corrected chi connectivity index (χ4v) is 11.7. The van der Waals surface area contributed by atoms with Crippen molar-refractivity contribution in [1.29, 1.82) is 0 Å². The quantitative estimate of drug-likeness (QED) is 0.226. The summed E-state index contributed by atoms with van der Waals surface area (Å²) in [6.45, 7) is 19.2. The lowest BCUT2D eigenvalue weighted by molar-refractivity contribution is -0.001000. The molecule has 0 saturated carbocycles. The molecule has 0 aromatic heterocycles. The Morgan fingerprint density at radius 1 is 0.367 bits per heavy atom. The average molecular weight is 550 g/mol. The van der Waals surface area contributed by atoms with Gasteiger partial charge in [-0.05, 0) is 38.5 Å². The largest absolute Gasteiger partial charge is 1.00 e. The van der Waals surface area contributed by atoms with E-state index in [-0.39, 0.29) is 29.4 Å². The Balaban J connectivity index is -0.000000211. The van der Waals surface area contributed by atoms with Gasteiger partial charge in [-0.25, -0.2) is 0 Å². The first-order valence-corrected chi connectivity index (χ1v) is 18.6. The molecule has 0 fully saturated rings. The highest BCUT2D eigenvalue weighted by molar-refractivity contribution is 7.75. The Bertz CT molecular complexity index is 240. The first-order chi connectivity index (χ1) is 13.4. The molecule has 4 heteroatoms. The monoisotopic (exact) mass is 548 g/mol. The first-order valence-electron chi connectivity index (χ1n) is 13.0. The Morgan fingerprint density at radius 2 is 0.500 bits per heavy atom. The maximum atomic E-state index is 2.62. The fourth-order valence-electron chi connectivity index (χ4n) is 3.91. The summed E-state index contributed by atoms with van der Waals surface area (Å²) in [5, 5.41) is 0. The van der Waals surface area contributed by atoms with Crippen LogP contribution in [0.2, 0.25) is 0 Å². The van der Waals surface area contributed by atoms with Gasteiger partial charge in [-0.2, -0.15) is 0 Å². The summed E-state index contributed by atoms with van der Waals surface area (Å²) in [6.07, 6.45) is 26.5. The lowest BCUT2D eigenvalue weighted by atomic mass is 10.4. The fraction of sp³-hybridized carbons (Fsp3) is 1.00. The highest BCUT2D eigenvalue weighted by Gasteiger charge is 2.29. The predicted molar refractivity (Wildman–Crippen MR) is 144 cm³/mol. The van der Waals surface area contributed by atoms with Crippen molar-refractivity contribution in [3.63, 3.8) is 0 Å². The van der Waals surface area contributed by atoms with Gasteiger partial charge in [0.2, 0.25) is 0 Å². The maximum Gasteiger partial charge on any atom is 0.0591 e. The zero-order chi connectivity index (χ0) is 21.7. The van der Waals surface area contributed by atoms with Crippen LogP contribution >= 0.6 is 14.5 Å². The number of hydrogen-bond acceptors (Lipinski definition) is 0. The highest BCUT2D eigenvalue weighted by Crippen LogP contribution is 2.57. The maximum absolute atomic E-state index is 2.62. The van der Waals surface area contributed by atoms with Gasteiger partial charge in [0.1, 0.15) is 0 Å². The van der Waals surface area contributed by atoms with E-state index in [4.69, 9.17) is 0 Å². The second-order valence-electron chi connectivity index (χ2n) is 9.70. The molecule has 188 valence electrons. The number of hydrogen-bond donors (Lipinski definition) is 0. The number of halogens is 2. The summed E-state index contributed by atoms with van der Waals surface area (Å²) in [7, 11) is -1.04. The number of unbranched alkanes of at least 4 members (excludes halogenated alkanes) is 6. The highest BCUT2D eigenvalue weighted by atomic mass is 79.9. The van der Waals surface area contributed by atoms with Gasteiger partial charge in [-0.3, -0.25) is 0 Å². The molecule has 0 heterocycles. The van der Waals surface area contributed by atoms with Gasteiger partial charge in [0.15, 0.2) is 0 Å². The van der Waals surface area contributed by atoms with E-state index in [0.717, 1.165) is 0 Å². The Labute approximate surface area is 212 Å². The van der Waals surface area contributed by atoms with Crippen molar-refractivity contribution in [3.8, 4) is 0 Å². The molecule has 0 saturated heterocycles. The van der Waals surface area contributed by atoms with Crippen molar-refractivity contribution >= 4 is 14.5 Å². The first kappa shape index (κ1) is 38.9. The van der Waals surface area contributed by atoms with Gasteiger partial charge < -0.3 is 29.4 Å². The Hall–Kier alpha value is 1.63. The molecule has 0 atom stereocenters. The molecular weight excluding hydrogens is 490 g/mol. The topological polar surface area (TPSA) is 0 Å². The SMILES string of the molecule is CCCC[P+](C)(CCCC)CCCC.CCCC[P+](C)(CCCC)CCCC.[Br-].[Cl-]. The summed E-state index contributed by atoms with van der Waals surface area (Å²) < 4.78 is 0. The molecule has 0 aliphatic rings. The minimum atomic E-state index is -0.519. The van der Waals surface area contributed by atoms with E-state index in [0.29, 0.717) is 0 Å². The standard InChI is InChI=1S/2C13H30P.BrH.ClH/c2*1-5-8-11-14(4,12-9-6-2)13-10-7-3;;/h2*5-13H2,1-4H3;2*1H/q2*+1;;/p-2. The van der Waals surface area contributed by atoms with Crippen molar-refractivity contribution in [1.82, 2.24) is 0 Å². The van der Waals surface area contributed by atoms with E-state index in [1.54, 1.807) is 37.0 Å². The van der Waals surface area contributed by atoms with Crippen LogP contribution in [0.25, 0.3) is 0 Å². The van der Waals surface area contributed by atoms with Crippen LogP contribution < -0.4 is 29.4 Å². The van der Waals surface area contributed by atoms with Gasteiger partial charge in [-0.1, -0.05) is 80.1 Å². The minimum Gasteiger partial charge on any atom is -1.00 e. The average Bonchev–Trinajstić information content (AvgIpc) is 2.71. The normalized spacial score (nSPS) is 11.2. The second-order valence-corrected chi connectivity index (χ2v) is 18.9. The lowest BCUT2D eigenvalue weighted by Crippen LogP contribution is -3.00. The molecule has 0 aromatic rings. The summed E-state index contributed by atoms with van der Waals surface area (Å²) >= 11 is 0. The predicted octanol–water partition coefficient (Wildman–Crippen LogP) is 4.08. The van der Waals surface area contributed by atoms with Gasteiger partial charge in [0.25, 0.3) is 0 Å². The molecule has 0 aliphatic carbocycles. The van der Waals surface area contributed by atoms with Gasteiger partial charge >= 0.3 is 0 Å². The summed E-state index contributed by atoms with van der Waals surface area (Å²) in [5.74, 6) is 0. The Morgan fingerprint density at radius 3 is 0.600 bits per heavy atom. The lowest BCUT2D eigenvalue weighted by Gasteiger charge is -2.22. The molecule has 0 aliphatic heterocycles. The van der Waals surface area contributed by atoms with Crippen molar-refractivity contribution in [3.05, 3.63) is 0 Å². The van der Waals surface area contributed by atoms with E-state index >= 15 is 0 Å². The van der Waals surface area contributed by atoms with Crippen LogP contribution in [0, 0.1) is 0 Å². The van der Waals surface area contributed by atoms with E-state index in [9.17, 15) is 0 Å². The van der Waals surface area contributed by atoms with Crippen LogP contribution in [0.4, 0.5) is 0 Å². The molecule has 30 heavy (non-hydrogen) atoms. The smallest absolute Gasteiger partial charge is 0.0591 e. The van der Waals surface area contributed by atoms with Crippen LogP contribution in [0.5, 0.6) is 0 Å². The Kier molecular flexibility index (Phi) is 34.8. The minimum absolute atomic E-state index is 0. The van der Waals surface area contributed by atoms with Crippen molar-refractivity contribution in [2.24, 2.45) is 0 Å². The molecule has 0 nitrogen and oxygen atoms in total. The van der Waals surface area contributed by atoms with Crippen molar-refractivity contribution in [2.45, 2.75) is 119 Å². The zero-order valence-corrected chi connectivity index (χ0v) is 26.5. The second kappa shape index (κ2) is 26.9. The molecule has 0 amide bonds. The molecule has 0 aromatic carbocycles. The third kappa shape index (κ3) is 24.3. The molecule has 0 rings (SSSR count). The van der Waals surface area contributed by atoms with Gasteiger partial charge in [0, 0.05) is 27.9 Å². The molecule has 0 unspecified atom stereocenters. The van der Waals surface area contributed by atoms with E-state index in [1.807, 2.05) is 0 Å². The third-order valence-corrected chi connectivity index (χ3v) is 14.7. The summed E-state index contributed by atoms with van der Waals surface area (Å²) in [5.41, 5.74) is 0. The summed E-state index contributed by atoms with van der Waals surface area (Å²) in [6, 6.07) is 0. The van der Waals surface area contributed by atoms with E-state index < -0.39 is 14.5 Å². The van der Waals surface area contributed by atoms with Crippen LogP contribution in [-0.4, -0.2) is 50.3 Å². The van der Waals surface area contributed by atoms with Gasteiger partial charge in [0.05, 0.1) is 37.0 Å². The molecule has 0 radical (unpaired) electrons. The van der Waals surface area contributed by atoms with Crippen LogP contribution in [0.3, 0.4) is 0 Å². The van der Waals surface area contributed by atoms with Gasteiger partial charge in [-0.15, -0.1) is 0 Å². The third-order valence-electron chi connectivity index (χ3n) is 6.31. The van der Waals surface area contributed by atoms with Crippen molar-refractivity contribution in [2.75, 3.05) is 50.3 Å². The zero-order valence-electron chi connectivity index (χ0n) is 22.4. The van der Waals surface area contributed by atoms with E-state index in [1.165, 1.54) is 77.0 Å². The summed E-state index contributed by atoms with van der Waals surface area (Å²) in [4.78, 5) is 0. The molecular formula is C26H60BrClP2. The molecule has 0 N–H and O–H groups in total. The van der Waals surface area contributed by atoms with Crippen LogP contribution in [-0.2, 0) is 0 Å². The van der Waals surface area contributed by atoms with Crippen LogP contribution in [0.15, 0.2) is 0 Å². The van der Waals surface area contributed by atoms with Crippen molar-refractivity contribution < 1.29 is 29.4 Å². The molecule has 0 bridgehead atoms. The van der Waals surface area contributed by atoms with Crippen LogP contribution in [0.1, 0.15) is 119 Å². The molecule has 0 spiro atoms. The van der Waals surface area contributed by atoms with E-state index in [2.05, 4.69) is 54.9 Å². The number of rotatable bonds is 18.